The quantitative estimate of drug-likeness (QED) is 0.788. The third-order valence-corrected chi connectivity index (χ3v) is 3.30. The van der Waals surface area contributed by atoms with Crippen LogP contribution < -0.4 is 5.32 Å². The fourth-order valence-electron chi connectivity index (χ4n) is 1.79. The van der Waals surface area contributed by atoms with Crippen molar-refractivity contribution in [3.8, 4) is 0 Å². The molecule has 1 rings (SSSR count). The molecule has 1 N–H and O–H groups in total. The second-order valence-electron chi connectivity index (χ2n) is 5.51. The van der Waals surface area contributed by atoms with E-state index in [0.717, 1.165) is 31.3 Å². The summed E-state index contributed by atoms with van der Waals surface area (Å²) in [6.07, 6.45) is 2.63. The number of aromatic nitrogens is 3. The van der Waals surface area contributed by atoms with Gasteiger partial charge in [0.1, 0.15) is 12.2 Å². The van der Waals surface area contributed by atoms with Gasteiger partial charge in [0.15, 0.2) is 0 Å². The van der Waals surface area contributed by atoms with E-state index in [0.29, 0.717) is 11.8 Å². The van der Waals surface area contributed by atoms with E-state index in [-0.39, 0.29) is 0 Å². The van der Waals surface area contributed by atoms with Crippen LogP contribution in [-0.2, 0) is 13.5 Å². The van der Waals surface area contributed by atoms with Crippen LogP contribution in [0.1, 0.15) is 33.5 Å². The number of aryl methyl sites for hydroxylation is 1. The lowest BCUT2D eigenvalue weighted by molar-refractivity contribution is 0.349. The van der Waals surface area contributed by atoms with E-state index in [1.54, 1.807) is 6.33 Å². The molecule has 0 saturated carbocycles. The first-order valence-electron chi connectivity index (χ1n) is 6.54. The number of hydrogen-bond acceptors (Lipinski definition) is 3. The smallest absolute Gasteiger partial charge is 0.138 e. The lowest BCUT2D eigenvalue weighted by atomic mass is 9.92. The predicted molar refractivity (Wildman–Crippen MR) is 70.7 cm³/mol. The van der Waals surface area contributed by atoms with Crippen molar-refractivity contribution in [2.24, 2.45) is 24.8 Å². The fourth-order valence-corrected chi connectivity index (χ4v) is 1.79. The maximum Gasteiger partial charge on any atom is 0.138 e. The molecule has 4 nitrogen and oxygen atoms in total. The van der Waals surface area contributed by atoms with Crippen LogP contribution in [0.2, 0.25) is 0 Å². The Kier molecular flexibility index (Phi) is 5.62. The van der Waals surface area contributed by atoms with Crippen LogP contribution in [0.25, 0.3) is 0 Å². The molecule has 0 fully saturated rings. The first kappa shape index (κ1) is 14.2. The molecule has 1 aromatic heterocycles. The largest absolute Gasteiger partial charge is 0.316 e. The average molecular weight is 238 g/mol. The normalized spacial score (nSPS) is 15.2. The van der Waals surface area contributed by atoms with Crippen molar-refractivity contribution in [1.82, 2.24) is 20.1 Å². The predicted octanol–water partition coefficient (Wildman–Crippen LogP) is 1.88. The van der Waals surface area contributed by atoms with Gasteiger partial charge in [-0.05, 0) is 30.8 Å². The Hall–Kier alpha value is -0.900. The highest BCUT2D eigenvalue weighted by Gasteiger charge is 2.15. The molecule has 0 aliphatic rings. The molecule has 17 heavy (non-hydrogen) atoms. The molecule has 0 aliphatic heterocycles. The molecule has 0 aromatic carbocycles. The Morgan fingerprint density at radius 1 is 1.18 bits per heavy atom. The second-order valence-corrected chi connectivity index (χ2v) is 5.51. The molecule has 2 atom stereocenters. The molecule has 98 valence electrons. The third-order valence-electron chi connectivity index (χ3n) is 3.30. The molecule has 0 amide bonds. The maximum atomic E-state index is 4.28. The molecule has 0 aliphatic carbocycles. The van der Waals surface area contributed by atoms with Gasteiger partial charge in [0.2, 0.25) is 0 Å². The maximum absolute atomic E-state index is 4.28. The molecule has 1 heterocycles. The first-order valence-corrected chi connectivity index (χ1v) is 6.54. The summed E-state index contributed by atoms with van der Waals surface area (Å²) < 4.78 is 1.87. The van der Waals surface area contributed by atoms with Crippen LogP contribution >= 0.6 is 0 Å². The van der Waals surface area contributed by atoms with E-state index in [1.165, 1.54) is 0 Å². The minimum atomic E-state index is 0.623. The van der Waals surface area contributed by atoms with Crippen LogP contribution in [0, 0.1) is 17.8 Å². The minimum absolute atomic E-state index is 0.623. The third kappa shape index (κ3) is 4.86. The molecule has 0 bridgehead atoms. The van der Waals surface area contributed by atoms with Gasteiger partial charge in [0.05, 0.1) is 0 Å². The Morgan fingerprint density at radius 3 is 2.41 bits per heavy atom. The average Bonchev–Trinajstić information content (AvgIpc) is 2.63. The van der Waals surface area contributed by atoms with Crippen LogP contribution in [0.15, 0.2) is 6.33 Å². The topological polar surface area (TPSA) is 42.7 Å². The van der Waals surface area contributed by atoms with Gasteiger partial charge < -0.3 is 5.32 Å². The van der Waals surface area contributed by atoms with Gasteiger partial charge in [-0.1, -0.05) is 27.7 Å². The van der Waals surface area contributed by atoms with Gasteiger partial charge in [0, 0.05) is 13.5 Å². The number of hydrogen-bond donors (Lipinski definition) is 1. The summed E-state index contributed by atoms with van der Waals surface area (Å²) in [6, 6.07) is 0. The lowest BCUT2D eigenvalue weighted by Gasteiger charge is -2.20. The molecule has 0 radical (unpaired) electrons. The van der Waals surface area contributed by atoms with E-state index >= 15 is 0 Å². The number of rotatable bonds is 7. The standard InChI is InChI=1S/C13H26N4/c1-10(2)7-14-8-12(4)11(3)6-13-15-9-16-17(13)5/h9-12,14H,6-8H2,1-5H3. The minimum Gasteiger partial charge on any atom is -0.316 e. The molecule has 2 unspecified atom stereocenters. The molecule has 0 saturated heterocycles. The highest BCUT2D eigenvalue weighted by molar-refractivity contribution is 4.86. The van der Waals surface area contributed by atoms with Crippen molar-refractivity contribution in [2.45, 2.75) is 34.1 Å². The van der Waals surface area contributed by atoms with Gasteiger partial charge in [0.25, 0.3) is 0 Å². The number of nitrogens with zero attached hydrogens (tertiary/aromatic N) is 3. The summed E-state index contributed by atoms with van der Waals surface area (Å²) in [5.74, 6) is 3.08. The van der Waals surface area contributed by atoms with Crippen molar-refractivity contribution in [2.75, 3.05) is 13.1 Å². The van der Waals surface area contributed by atoms with E-state index < -0.39 is 0 Å². The second kappa shape index (κ2) is 6.74. The summed E-state index contributed by atoms with van der Waals surface area (Å²) in [7, 11) is 1.96. The molecule has 4 heteroatoms. The van der Waals surface area contributed by atoms with Crippen LogP contribution in [0.5, 0.6) is 0 Å². The zero-order valence-corrected chi connectivity index (χ0v) is 11.8. The van der Waals surface area contributed by atoms with Gasteiger partial charge >= 0.3 is 0 Å². The zero-order chi connectivity index (χ0) is 12.8. The van der Waals surface area contributed by atoms with Crippen molar-refractivity contribution < 1.29 is 0 Å². The van der Waals surface area contributed by atoms with Crippen molar-refractivity contribution >= 4 is 0 Å². The zero-order valence-electron chi connectivity index (χ0n) is 11.8. The van der Waals surface area contributed by atoms with Gasteiger partial charge in [-0.25, -0.2) is 4.98 Å². The Balaban J connectivity index is 2.32. The van der Waals surface area contributed by atoms with Gasteiger partial charge in [-0.3, -0.25) is 4.68 Å². The van der Waals surface area contributed by atoms with E-state index in [9.17, 15) is 0 Å². The van der Waals surface area contributed by atoms with E-state index in [2.05, 4.69) is 43.1 Å². The summed E-state index contributed by atoms with van der Waals surface area (Å²) >= 11 is 0. The molecular formula is C13H26N4. The van der Waals surface area contributed by atoms with Crippen molar-refractivity contribution in [3.63, 3.8) is 0 Å². The molecule has 0 spiro atoms. The number of nitrogens with one attached hydrogen (secondary N) is 1. The summed E-state index contributed by atoms with van der Waals surface area (Å²) in [4.78, 5) is 4.28. The fraction of sp³-hybridized carbons (Fsp3) is 0.846. The van der Waals surface area contributed by atoms with Crippen molar-refractivity contribution in [1.29, 1.82) is 0 Å². The Labute approximate surface area is 105 Å². The molecule has 1 aromatic rings. The van der Waals surface area contributed by atoms with Gasteiger partial charge in [-0.15, -0.1) is 0 Å². The van der Waals surface area contributed by atoms with Crippen LogP contribution in [0.4, 0.5) is 0 Å². The van der Waals surface area contributed by atoms with E-state index in [4.69, 9.17) is 0 Å². The first-order chi connectivity index (χ1) is 8.00. The summed E-state index contributed by atoms with van der Waals surface area (Å²) in [5, 5.41) is 7.62. The summed E-state index contributed by atoms with van der Waals surface area (Å²) in [6.45, 7) is 11.2. The Morgan fingerprint density at radius 2 is 1.88 bits per heavy atom. The lowest BCUT2D eigenvalue weighted by Crippen LogP contribution is -2.29. The highest BCUT2D eigenvalue weighted by Crippen LogP contribution is 2.14. The SMILES string of the molecule is CC(C)CNCC(C)C(C)Cc1ncnn1C. The monoisotopic (exact) mass is 238 g/mol. The van der Waals surface area contributed by atoms with Crippen LogP contribution in [-0.4, -0.2) is 27.9 Å². The molecular weight excluding hydrogens is 212 g/mol. The van der Waals surface area contributed by atoms with Gasteiger partial charge in [-0.2, -0.15) is 5.10 Å². The Bertz CT molecular complexity index is 319. The highest BCUT2D eigenvalue weighted by atomic mass is 15.3. The van der Waals surface area contributed by atoms with Crippen molar-refractivity contribution in [3.05, 3.63) is 12.2 Å². The van der Waals surface area contributed by atoms with Crippen LogP contribution in [0.3, 0.4) is 0 Å². The summed E-state index contributed by atoms with van der Waals surface area (Å²) in [5.41, 5.74) is 0. The van der Waals surface area contributed by atoms with E-state index in [1.807, 2.05) is 11.7 Å².